The summed E-state index contributed by atoms with van der Waals surface area (Å²) in [4.78, 5) is 4.60. The molecular weight excluding hydrogens is 419 g/mol. The molecule has 0 spiro atoms. The average molecular weight is 444 g/mol. The third kappa shape index (κ3) is 5.99. The molecule has 0 radical (unpaired) electrons. The number of aliphatic imine (C=N–C) groups is 1. The molecule has 24 heavy (non-hydrogen) atoms. The van der Waals surface area contributed by atoms with Gasteiger partial charge in [-0.2, -0.15) is 0 Å². The van der Waals surface area contributed by atoms with Gasteiger partial charge >= 0.3 is 0 Å². The lowest BCUT2D eigenvalue weighted by atomic mass is 10.2. The molecule has 2 aromatic rings. The van der Waals surface area contributed by atoms with Gasteiger partial charge in [-0.25, -0.2) is 4.99 Å². The van der Waals surface area contributed by atoms with Crippen LogP contribution in [0.25, 0.3) is 0 Å². The Labute approximate surface area is 159 Å². The molecule has 0 saturated carbocycles. The summed E-state index contributed by atoms with van der Waals surface area (Å²) in [5.74, 6) is 2.48. The number of halogens is 1. The van der Waals surface area contributed by atoms with E-state index < -0.39 is 0 Å². The van der Waals surface area contributed by atoms with Crippen molar-refractivity contribution >= 4 is 29.9 Å². The maximum absolute atomic E-state index is 5.23. The van der Waals surface area contributed by atoms with Gasteiger partial charge in [0, 0.05) is 13.1 Å². The molecule has 0 fully saturated rings. The highest BCUT2D eigenvalue weighted by atomic mass is 127. The number of hydrogen-bond acceptors (Lipinski definition) is 4. The van der Waals surface area contributed by atoms with Crippen LogP contribution in [-0.4, -0.2) is 34.4 Å². The first-order valence-corrected chi connectivity index (χ1v) is 7.78. The molecular formula is C16H25IN6O. The van der Waals surface area contributed by atoms with Crippen LogP contribution < -0.4 is 15.4 Å². The Bertz CT molecular complexity index is 643. The van der Waals surface area contributed by atoms with Gasteiger partial charge in [-0.3, -0.25) is 0 Å². The molecule has 1 aromatic heterocycles. The third-order valence-corrected chi connectivity index (χ3v) is 3.35. The first-order chi connectivity index (χ1) is 11.3. The van der Waals surface area contributed by atoms with Crippen molar-refractivity contribution in [1.29, 1.82) is 0 Å². The van der Waals surface area contributed by atoms with E-state index in [2.05, 4.69) is 32.7 Å². The van der Waals surface area contributed by atoms with E-state index in [1.807, 2.05) is 35.8 Å². The molecule has 132 valence electrons. The summed E-state index contributed by atoms with van der Waals surface area (Å²) in [7, 11) is 1.66. The first kappa shape index (κ1) is 20.2. The molecule has 0 saturated heterocycles. The van der Waals surface area contributed by atoms with E-state index in [1.165, 1.54) is 0 Å². The lowest BCUT2D eigenvalue weighted by Gasteiger charge is -2.11. The topological polar surface area (TPSA) is 76.4 Å². The SMILES string of the molecule is CCNC(=NCc1cccc(OC)c1)NCc1nncn1CC.I. The van der Waals surface area contributed by atoms with E-state index in [0.29, 0.717) is 13.1 Å². The molecule has 0 aliphatic heterocycles. The molecule has 1 heterocycles. The molecule has 0 amide bonds. The van der Waals surface area contributed by atoms with Crippen LogP contribution in [-0.2, 0) is 19.6 Å². The molecule has 1 aromatic carbocycles. The number of ether oxygens (including phenoxy) is 1. The van der Waals surface area contributed by atoms with Crippen molar-refractivity contribution in [3.05, 3.63) is 42.0 Å². The van der Waals surface area contributed by atoms with Gasteiger partial charge in [0.1, 0.15) is 12.1 Å². The minimum Gasteiger partial charge on any atom is -0.497 e. The zero-order valence-electron chi connectivity index (χ0n) is 14.3. The minimum absolute atomic E-state index is 0. The highest BCUT2D eigenvalue weighted by Gasteiger charge is 2.04. The van der Waals surface area contributed by atoms with Crippen molar-refractivity contribution in [2.24, 2.45) is 4.99 Å². The quantitative estimate of drug-likeness (QED) is 0.389. The van der Waals surface area contributed by atoms with Gasteiger partial charge in [0.15, 0.2) is 11.8 Å². The summed E-state index contributed by atoms with van der Waals surface area (Å²) in [5, 5.41) is 14.6. The van der Waals surface area contributed by atoms with Crippen LogP contribution in [0, 0.1) is 0 Å². The summed E-state index contributed by atoms with van der Waals surface area (Å²) in [6.45, 7) is 6.91. The maximum Gasteiger partial charge on any atom is 0.191 e. The number of nitrogens with zero attached hydrogens (tertiary/aromatic N) is 4. The van der Waals surface area contributed by atoms with Gasteiger partial charge in [-0.05, 0) is 31.5 Å². The van der Waals surface area contributed by atoms with Gasteiger partial charge in [-0.15, -0.1) is 34.2 Å². The fraction of sp³-hybridized carbons (Fsp3) is 0.438. The van der Waals surface area contributed by atoms with Crippen molar-refractivity contribution in [3.8, 4) is 5.75 Å². The number of aryl methyl sites for hydroxylation is 1. The fourth-order valence-electron chi connectivity index (χ4n) is 2.13. The largest absolute Gasteiger partial charge is 0.497 e. The van der Waals surface area contributed by atoms with Gasteiger partial charge in [0.05, 0.1) is 20.2 Å². The summed E-state index contributed by atoms with van der Waals surface area (Å²) >= 11 is 0. The van der Waals surface area contributed by atoms with E-state index in [0.717, 1.165) is 36.2 Å². The third-order valence-electron chi connectivity index (χ3n) is 3.35. The van der Waals surface area contributed by atoms with E-state index in [9.17, 15) is 0 Å². The van der Waals surface area contributed by atoms with Gasteiger partial charge in [0.2, 0.25) is 0 Å². The van der Waals surface area contributed by atoms with Crippen molar-refractivity contribution in [1.82, 2.24) is 25.4 Å². The average Bonchev–Trinajstić information content (AvgIpc) is 3.05. The second-order valence-electron chi connectivity index (χ2n) is 4.93. The fourth-order valence-corrected chi connectivity index (χ4v) is 2.13. The smallest absolute Gasteiger partial charge is 0.191 e. The summed E-state index contributed by atoms with van der Waals surface area (Å²) in [6, 6.07) is 7.91. The summed E-state index contributed by atoms with van der Waals surface area (Å²) < 4.78 is 7.23. The molecule has 7 nitrogen and oxygen atoms in total. The molecule has 0 bridgehead atoms. The number of rotatable bonds is 7. The number of guanidine groups is 1. The van der Waals surface area contributed by atoms with Crippen molar-refractivity contribution in [2.75, 3.05) is 13.7 Å². The van der Waals surface area contributed by atoms with Crippen LogP contribution in [0.1, 0.15) is 25.2 Å². The number of hydrogen-bond donors (Lipinski definition) is 2. The van der Waals surface area contributed by atoms with Crippen LogP contribution in [0.5, 0.6) is 5.75 Å². The molecule has 0 aliphatic carbocycles. The first-order valence-electron chi connectivity index (χ1n) is 7.78. The second kappa shape index (κ2) is 10.8. The van der Waals surface area contributed by atoms with Gasteiger partial charge < -0.3 is 19.9 Å². The molecule has 2 N–H and O–H groups in total. The number of methoxy groups -OCH3 is 1. The van der Waals surface area contributed by atoms with Crippen LogP contribution in [0.3, 0.4) is 0 Å². The number of aromatic nitrogens is 3. The minimum atomic E-state index is 0. The predicted molar refractivity (Wildman–Crippen MR) is 106 cm³/mol. The van der Waals surface area contributed by atoms with Gasteiger partial charge in [-0.1, -0.05) is 12.1 Å². The Morgan fingerprint density at radius 3 is 2.83 bits per heavy atom. The van der Waals surface area contributed by atoms with Crippen LogP contribution in [0.2, 0.25) is 0 Å². The van der Waals surface area contributed by atoms with Crippen molar-refractivity contribution in [2.45, 2.75) is 33.5 Å². The lowest BCUT2D eigenvalue weighted by molar-refractivity contribution is 0.414. The Morgan fingerprint density at radius 2 is 2.12 bits per heavy atom. The monoisotopic (exact) mass is 444 g/mol. The lowest BCUT2D eigenvalue weighted by Crippen LogP contribution is -2.37. The molecule has 0 aliphatic rings. The second-order valence-corrected chi connectivity index (χ2v) is 4.93. The Morgan fingerprint density at radius 1 is 1.29 bits per heavy atom. The van der Waals surface area contributed by atoms with Crippen LogP contribution in [0.15, 0.2) is 35.6 Å². The van der Waals surface area contributed by atoms with Crippen LogP contribution >= 0.6 is 24.0 Å². The van der Waals surface area contributed by atoms with E-state index in [1.54, 1.807) is 13.4 Å². The van der Waals surface area contributed by atoms with E-state index >= 15 is 0 Å². The molecule has 0 atom stereocenters. The zero-order chi connectivity index (χ0) is 16.5. The van der Waals surface area contributed by atoms with Crippen molar-refractivity contribution < 1.29 is 4.74 Å². The van der Waals surface area contributed by atoms with Crippen molar-refractivity contribution in [3.63, 3.8) is 0 Å². The van der Waals surface area contributed by atoms with E-state index in [4.69, 9.17) is 4.74 Å². The standard InChI is InChI=1S/C16H24N6O.HI/c1-4-17-16(19-11-15-21-20-12-22(15)5-2)18-10-13-7-6-8-14(9-13)23-3;/h6-9,12H,4-5,10-11H2,1-3H3,(H2,17,18,19);1H. The summed E-state index contributed by atoms with van der Waals surface area (Å²) in [6.07, 6.45) is 1.73. The number of nitrogens with one attached hydrogen (secondary N) is 2. The predicted octanol–water partition coefficient (Wildman–Crippen LogP) is 2.18. The highest BCUT2D eigenvalue weighted by molar-refractivity contribution is 14.0. The normalized spacial score (nSPS) is 10.9. The highest BCUT2D eigenvalue weighted by Crippen LogP contribution is 2.13. The molecule has 8 heteroatoms. The maximum atomic E-state index is 5.23. The number of benzene rings is 1. The zero-order valence-corrected chi connectivity index (χ0v) is 16.7. The Balaban J connectivity index is 0.00000288. The molecule has 2 rings (SSSR count). The van der Waals surface area contributed by atoms with Crippen LogP contribution in [0.4, 0.5) is 0 Å². The Hall–Kier alpha value is -1.84. The Kier molecular flexibility index (Phi) is 9.13. The van der Waals surface area contributed by atoms with Gasteiger partial charge in [0.25, 0.3) is 0 Å². The summed E-state index contributed by atoms with van der Waals surface area (Å²) in [5.41, 5.74) is 1.10. The van der Waals surface area contributed by atoms with E-state index in [-0.39, 0.29) is 24.0 Å². The molecule has 0 unspecified atom stereocenters.